The third kappa shape index (κ3) is 4.26. The summed E-state index contributed by atoms with van der Waals surface area (Å²) in [5.74, 6) is -0.0247. The molecule has 0 aliphatic carbocycles. The molecule has 0 aliphatic heterocycles. The van der Waals surface area contributed by atoms with Crippen LogP contribution < -0.4 is 5.32 Å². The Hall–Kier alpha value is -0.350. The van der Waals surface area contributed by atoms with Gasteiger partial charge in [0.05, 0.1) is 5.56 Å². The van der Waals surface area contributed by atoms with Crippen molar-refractivity contribution in [2.24, 2.45) is 0 Å². The van der Waals surface area contributed by atoms with E-state index in [4.69, 9.17) is 0 Å². The van der Waals surface area contributed by atoms with Gasteiger partial charge < -0.3 is 5.32 Å². The van der Waals surface area contributed by atoms with E-state index < -0.39 is 0 Å². The highest BCUT2D eigenvalue weighted by Gasteiger charge is 2.08. The lowest BCUT2D eigenvalue weighted by Gasteiger charge is -2.09. The summed E-state index contributed by atoms with van der Waals surface area (Å²) in [6.45, 7) is 2.82. The van der Waals surface area contributed by atoms with Crippen molar-refractivity contribution < 1.29 is 4.79 Å². The van der Waals surface area contributed by atoms with E-state index in [9.17, 15) is 4.79 Å². The minimum absolute atomic E-state index is 0.0247. The van der Waals surface area contributed by atoms with Crippen LogP contribution in [0, 0.1) is 0 Å². The first-order valence-electron chi connectivity index (χ1n) is 5.32. The molecule has 16 heavy (non-hydrogen) atoms. The van der Waals surface area contributed by atoms with Gasteiger partial charge in [-0.15, -0.1) is 0 Å². The summed E-state index contributed by atoms with van der Waals surface area (Å²) in [6.07, 6.45) is 2.03. The molecule has 0 heterocycles. The third-order valence-electron chi connectivity index (χ3n) is 2.30. The van der Waals surface area contributed by atoms with Crippen LogP contribution in [0.1, 0.15) is 30.1 Å². The monoisotopic (exact) mass is 347 g/mol. The van der Waals surface area contributed by atoms with Crippen molar-refractivity contribution in [3.8, 4) is 0 Å². The summed E-state index contributed by atoms with van der Waals surface area (Å²) in [4.78, 5) is 12.3. The molecule has 1 aromatic rings. The zero-order chi connectivity index (χ0) is 12.0. The molecule has 1 amide bonds. The van der Waals surface area contributed by atoms with E-state index in [0.29, 0.717) is 16.9 Å². The Morgan fingerprint density at radius 1 is 1.44 bits per heavy atom. The minimum atomic E-state index is -0.0247. The van der Waals surface area contributed by atoms with Crippen LogP contribution in [0.3, 0.4) is 0 Å². The molecule has 0 aliphatic rings. The molecule has 0 aromatic heterocycles. The van der Waals surface area contributed by atoms with Gasteiger partial charge in [-0.25, -0.2) is 0 Å². The first-order valence-corrected chi connectivity index (χ1v) is 7.02. The first-order chi connectivity index (χ1) is 7.65. The van der Waals surface area contributed by atoms with Gasteiger partial charge in [0, 0.05) is 15.8 Å². The van der Waals surface area contributed by atoms with Crippen LogP contribution in [0.5, 0.6) is 0 Å². The van der Waals surface area contributed by atoms with Crippen LogP contribution in [-0.4, -0.2) is 17.3 Å². The SMILES string of the molecule is CCC(Br)CCNC(=O)c1ccccc1Br. The van der Waals surface area contributed by atoms with Crippen molar-refractivity contribution in [3.63, 3.8) is 0 Å². The zero-order valence-electron chi connectivity index (χ0n) is 9.17. The average molecular weight is 349 g/mol. The number of halogens is 2. The molecule has 4 heteroatoms. The fraction of sp³-hybridized carbons (Fsp3) is 0.417. The van der Waals surface area contributed by atoms with Crippen molar-refractivity contribution in [1.29, 1.82) is 0 Å². The number of benzene rings is 1. The number of alkyl halides is 1. The van der Waals surface area contributed by atoms with Crippen LogP contribution in [0.4, 0.5) is 0 Å². The lowest BCUT2D eigenvalue weighted by molar-refractivity contribution is 0.0952. The summed E-state index contributed by atoms with van der Waals surface area (Å²) in [5.41, 5.74) is 0.685. The smallest absolute Gasteiger partial charge is 0.252 e. The molecular formula is C12H15Br2NO. The van der Waals surface area contributed by atoms with E-state index in [1.807, 2.05) is 24.3 Å². The highest BCUT2D eigenvalue weighted by Crippen LogP contribution is 2.15. The second-order valence-corrected chi connectivity index (χ2v) is 5.68. The van der Waals surface area contributed by atoms with E-state index in [1.165, 1.54) is 0 Å². The standard InChI is InChI=1S/C12H15Br2NO/c1-2-9(13)7-8-15-12(16)10-5-3-4-6-11(10)14/h3-6,9H,2,7-8H2,1H3,(H,15,16). The van der Waals surface area contributed by atoms with Gasteiger partial charge in [0.1, 0.15) is 0 Å². The topological polar surface area (TPSA) is 29.1 Å². The van der Waals surface area contributed by atoms with Gasteiger partial charge in [-0.2, -0.15) is 0 Å². The van der Waals surface area contributed by atoms with E-state index in [1.54, 1.807) is 0 Å². The third-order valence-corrected chi connectivity index (χ3v) is 4.10. The summed E-state index contributed by atoms with van der Waals surface area (Å²) in [6, 6.07) is 7.44. The number of nitrogens with one attached hydrogen (secondary N) is 1. The van der Waals surface area contributed by atoms with Gasteiger partial charge in [-0.1, -0.05) is 35.0 Å². The van der Waals surface area contributed by atoms with Gasteiger partial charge in [-0.3, -0.25) is 4.79 Å². The van der Waals surface area contributed by atoms with E-state index in [0.717, 1.165) is 17.3 Å². The Labute approximate surface area is 113 Å². The second kappa shape index (κ2) is 7.07. The molecule has 1 rings (SSSR count). The Kier molecular flexibility index (Phi) is 6.06. The number of amides is 1. The Bertz CT molecular complexity index is 355. The minimum Gasteiger partial charge on any atom is -0.352 e. The van der Waals surface area contributed by atoms with Crippen LogP contribution in [-0.2, 0) is 0 Å². The highest BCUT2D eigenvalue weighted by molar-refractivity contribution is 9.10. The van der Waals surface area contributed by atoms with Gasteiger partial charge >= 0.3 is 0 Å². The molecule has 0 radical (unpaired) electrons. The van der Waals surface area contributed by atoms with Crippen molar-refractivity contribution in [3.05, 3.63) is 34.3 Å². The van der Waals surface area contributed by atoms with Gasteiger partial charge in [0.15, 0.2) is 0 Å². The maximum absolute atomic E-state index is 11.8. The highest BCUT2D eigenvalue weighted by atomic mass is 79.9. The molecule has 2 nitrogen and oxygen atoms in total. The number of hydrogen-bond acceptors (Lipinski definition) is 1. The predicted octanol–water partition coefficient (Wildman–Crippen LogP) is 3.74. The van der Waals surface area contributed by atoms with Gasteiger partial charge in [0.2, 0.25) is 0 Å². The zero-order valence-corrected chi connectivity index (χ0v) is 12.3. The maximum atomic E-state index is 11.8. The average Bonchev–Trinajstić information content (AvgIpc) is 2.29. The second-order valence-electron chi connectivity index (χ2n) is 3.53. The largest absolute Gasteiger partial charge is 0.352 e. The van der Waals surface area contributed by atoms with Crippen LogP contribution in [0.25, 0.3) is 0 Å². The molecule has 1 aromatic carbocycles. The first kappa shape index (κ1) is 13.7. The molecule has 0 saturated heterocycles. The van der Waals surface area contributed by atoms with Gasteiger partial charge in [0.25, 0.3) is 5.91 Å². The van der Waals surface area contributed by atoms with Crippen LogP contribution >= 0.6 is 31.9 Å². The molecule has 0 saturated carbocycles. The molecule has 1 N–H and O–H groups in total. The van der Waals surface area contributed by atoms with Crippen molar-refractivity contribution in [2.45, 2.75) is 24.6 Å². The molecular weight excluding hydrogens is 334 g/mol. The van der Waals surface area contributed by atoms with Crippen molar-refractivity contribution in [1.82, 2.24) is 5.32 Å². The molecule has 0 bridgehead atoms. The number of carbonyl (C=O) groups is 1. The molecule has 88 valence electrons. The summed E-state index contributed by atoms with van der Waals surface area (Å²) in [7, 11) is 0. The summed E-state index contributed by atoms with van der Waals surface area (Å²) in [5, 5.41) is 2.91. The molecule has 1 unspecified atom stereocenters. The predicted molar refractivity (Wildman–Crippen MR) is 74.1 cm³/mol. The fourth-order valence-corrected chi connectivity index (χ4v) is 1.98. The van der Waals surface area contributed by atoms with Crippen molar-refractivity contribution in [2.75, 3.05) is 6.54 Å². The Balaban J connectivity index is 2.44. The normalized spacial score (nSPS) is 12.2. The van der Waals surface area contributed by atoms with Crippen molar-refractivity contribution >= 4 is 37.8 Å². The lowest BCUT2D eigenvalue weighted by atomic mass is 10.2. The van der Waals surface area contributed by atoms with E-state index in [-0.39, 0.29) is 5.91 Å². The number of rotatable bonds is 5. The number of hydrogen-bond donors (Lipinski definition) is 1. The molecule has 0 fully saturated rings. The van der Waals surface area contributed by atoms with Gasteiger partial charge in [-0.05, 0) is 40.9 Å². The fourth-order valence-electron chi connectivity index (χ4n) is 1.29. The maximum Gasteiger partial charge on any atom is 0.252 e. The quantitative estimate of drug-likeness (QED) is 0.807. The summed E-state index contributed by atoms with van der Waals surface area (Å²) >= 11 is 6.90. The number of carbonyl (C=O) groups excluding carboxylic acids is 1. The molecule has 1 atom stereocenters. The Morgan fingerprint density at radius 2 is 2.12 bits per heavy atom. The van der Waals surface area contributed by atoms with E-state index in [2.05, 4.69) is 44.1 Å². The van der Waals surface area contributed by atoms with Crippen LogP contribution in [0.15, 0.2) is 28.7 Å². The Morgan fingerprint density at radius 3 is 2.75 bits per heavy atom. The lowest BCUT2D eigenvalue weighted by Crippen LogP contribution is -2.26. The van der Waals surface area contributed by atoms with Crippen LogP contribution in [0.2, 0.25) is 0 Å². The summed E-state index contributed by atoms with van der Waals surface area (Å²) < 4.78 is 0.832. The molecule has 0 spiro atoms. The van der Waals surface area contributed by atoms with E-state index >= 15 is 0 Å².